The minimum absolute atomic E-state index is 0.126. The third kappa shape index (κ3) is 4.82. The highest BCUT2D eigenvalue weighted by Gasteiger charge is 2.59. The second-order valence-corrected chi connectivity index (χ2v) is 9.58. The first-order valence-corrected chi connectivity index (χ1v) is 11.9. The number of hydrogen-bond acceptors (Lipinski definition) is 4. The quantitative estimate of drug-likeness (QED) is 0.395. The van der Waals surface area contributed by atoms with Crippen molar-refractivity contribution in [1.29, 1.82) is 0 Å². The molecule has 172 valence electrons. The van der Waals surface area contributed by atoms with E-state index in [1.165, 1.54) is 0 Å². The number of para-hydroxylation sites is 1. The van der Waals surface area contributed by atoms with Crippen molar-refractivity contribution in [1.82, 2.24) is 15.5 Å². The number of benzene rings is 1. The van der Waals surface area contributed by atoms with E-state index in [4.69, 9.17) is 9.73 Å². The Morgan fingerprint density at radius 3 is 2.74 bits per heavy atom. The normalized spacial score (nSPS) is 28.2. The summed E-state index contributed by atoms with van der Waals surface area (Å²) in [4.78, 5) is 9.45. The van der Waals surface area contributed by atoms with Gasteiger partial charge in [0.05, 0.1) is 11.8 Å². The van der Waals surface area contributed by atoms with Crippen molar-refractivity contribution in [3.05, 3.63) is 30.1 Å². The van der Waals surface area contributed by atoms with Gasteiger partial charge in [0.25, 0.3) is 0 Å². The minimum atomic E-state index is -0.126. The van der Waals surface area contributed by atoms with E-state index in [1.807, 2.05) is 12.1 Å². The molecule has 6 nitrogen and oxygen atoms in total. The van der Waals surface area contributed by atoms with Crippen molar-refractivity contribution < 1.29 is 9.13 Å². The smallest absolute Gasteiger partial charge is 0.191 e. The molecule has 2 saturated heterocycles. The number of piperazine rings is 1. The first-order valence-electron chi connectivity index (χ1n) is 11.9. The van der Waals surface area contributed by atoms with E-state index in [1.54, 1.807) is 12.1 Å². The molecule has 2 aliphatic heterocycles. The largest absolute Gasteiger partial charge is 0.377 e. The fraction of sp³-hybridized carbons (Fsp3) is 0.708. The predicted molar refractivity (Wildman–Crippen MR) is 124 cm³/mol. The van der Waals surface area contributed by atoms with Crippen molar-refractivity contribution in [2.45, 2.75) is 45.8 Å². The Bertz CT molecular complexity index is 762. The lowest BCUT2D eigenvalue weighted by molar-refractivity contribution is -0.106. The van der Waals surface area contributed by atoms with E-state index < -0.39 is 0 Å². The molecule has 0 aromatic heterocycles. The summed E-state index contributed by atoms with van der Waals surface area (Å²) in [6.07, 6.45) is 2.56. The molecule has 3 fully saturated rings. The van der Waals surface area contributed by atoms with Crippen molar-refractivity contribution in [3.63, 3.8) is 0 Å². The highest BCUT2D eigenvalue weighted by Crippen LogP contribution is 2.52. The molecule has 31 heavy (non-hydrogen) atoms. The number of ether oxygens (including phenoxy) is 1. The predicted octanol–water partition coefficient (Wildman–Crippen LogP) is 2.71. The summed E-state index contributed by atoms with van der Waals surface area (Å²) in [6.45, 7) is 14.0. The van der Waals surface area contributed by atoms with Crippen LogP contribution in [0.4, 0.5) is 10.1 Å². The third-order valence-electron chi connectivity index (χ3n) is 7.20. The Morgan fingerprint density at radius 1 is 1.23 bits per heavy atom. The third-order valence-corrected chi connectivity index (χ3v) is 7.20. The molecule has 4 rings (SSSR count). The van der Waals surface area contributed by atoms with Crippen molar-refractivity contribution >= 4 is 11.6 Å². The van der Waals surface area contributed by atoms with Crippen LogP contribution in [0.5, 0.6) is 0 Å². The zero-order valence-corrected chi connectivity index (χ0v) is 19.2. The first-order chi connectivity index (χ1) is 15.0. The number of halogens is 1. The second kappa shape index (κ2) is 9.74. The van der Waals surface area contributed by atoms with Gasteiger partial charge < -0.3 is 20.3 Å². The summed E-state index contributed by atoms with van der Waals surface area (Å²) in [5.41, 5.74) is 0.872. The van der Waals surface area contributed by atoms with Gasteiger partial charge in [-0.15, -0.1) is 0 Å². The van der Waals surface area contributed by atoms with Crippen LogP contribution in [-0.4, -0.2) is 75.4 Å². The number of anilines is 1. The summed E-state index contributed by atoms with van der Waals surface area (Å²) in [5.74, 6) is 1.40. The summed E-state index contributed by atoms with van der Waals surface area (Å²) in [7, 11) is 0. The zero-order chi connectivity index (χ0) is 21.8. The van der Waals surface area contributed by atoms with E-state index in [2.05, 4.69) is 41.2 Å². The Balaban J connectivity index is 1.21. The van der Waals surface area contributed by atoms with Crippen LogP contribution >= 0.6 is 0 Å². The van der Waals surface area contributed by atoms with E-state index in [-0.39, 0.29) is 11.2 Å². The van der Waals surface area contributed by atoms with Crippen LogP contribution in [0.1, 0.15) is 33.6 Å². The van der Waals surface area contributed by atoms with Crippen LogP contribution < -0.4 is 15.5 Å². The van der Waals surface area contributed by atoms with Gasteiger partial charge in [-0.2, -0.15) is 0 Å². The van der Waals surface area contributed by atoms with Gasteiger partial charge in [0.2, 0.25) is 0 Å². The summed E-state index contributed by atoms with van der Waals surface area (Å²) < 4.78 is 19.9. The Morgan fingerprint density at radius 2 is 2.00 bits per heavy atom. The molecule has 7 heteroatoms. The van der Waals surface area contributed by atoms with E-state index >= 15 is 0 Å². The van der Waals surface area contributed by atoms with Crippen LogP contribution in [-0.2, 0) is 4.74 Å². The second-order valence-electron chi connectivity index (χ2n) is 9.58. The van der Waals surface area contributed by atoms with E-state index in [9.17, 15) is 4.39 Å². The van der Waals surface area contributed by atoms with Gasteiger partial charge in [-0.1, -0.05) is 26.0 Å². The first kappa shape index (κ1) is 22.3. The number of aliphatic imine (C=N–C) groups is 1. The van der Waals surface area contributed by atoms with Crippen LogP contribution in [0, 0.1) is 17.2 Å². The van der Waals surface area contributed by atoms with E-state index in [0.717, 1.165) is 76.9 Å². The lowest BCUT2D eigenvalue weighted by Gasteiger charge is -2.54. The summed E-state index contributed by atoms with van der Waals surface area (Å²) in [5, 5.41) is 7.10. The molecule has 2 heterocycles. The molecule has 3 atom stereocenters. The minimum Gasteiger partial charge on any atom is -0.377 e. The van der Waals surface area contributed by atoms with Crippen molar-refractivity contribution in [2.75, 3.05) is 57.3 Å². The molecule has 1 aromatic rings. The number of rotatable bonds is 7. The van der Waals surface area contributed by atoms with Gasteiger partial charge in [-0.25, -0.2) is 4.39 Å². The number of fused-ring (bicyclic) bond motifs is 1. The number of hydrogen-bond donors (Lipinski definition) is 2. The molecular weight excluding hydrogens is 393 g/mol. The van der Waals surface area contributed by atoms with Crippen LogP contribution in [0.15, 0.2) is 29.3 Å². The highest BCUT2D eigenvalue weighted by molar-refractivity contribution is 5.80. The molecule has 0 spiro atoms. The van der Waals surface area contributed by atoms with Gasteiger partial charge >= 0.3 is 0 Å². The maximum absolute atomic E-state index is 14.0. The number of guanidine groups is 1. The molecule has 0 radical (unpaired) electrons. The highest BCUT2D eigenvalue weighted by atomic mass is 19.1. The maximum Gasteiger partial charge on any atom is 0.191 e. The molecule has 1 saturated carbocycles. The number of nitrogens with one attached hydrogen (secondary N) is 2. The number of nitrogens with zero attached hydrogens (tertiary/aromatic N) is 3. The lowest BCUT2D eigenvalue weighted by atomic mass is 9.57. The fourth-order valence-electron chi connectivity index (χ4n) is 5.49. The monoisotopic (exact) mass is 431 g/mol. The molecule has 2 N–H and O–H groups in total. The standard InChI is InChI=1S/C24H38FN5O/c1-4-26-23(28-21-18-10-17-31-22(18)24(21,2)3)27-11-7-12-29-13-15-30(16-14-29)20-9-6-5-8-19(20)25/h5-6,8-9,18,21-22H,4,7,10-17H2,1-3H3,(H2,26,27,28). The SMILES string of the molecule is CCNC(=NCCCN1CCN(c2ccccc2F)CC1)NC1C2CCOC2C1(C)C. The fourth-order valence-corrected chi connectivity index (χ4v) is 5.49. The molecule has 3 unspecified atom stereocenters. The Labute approximate surface area is 186 Å². The Kier molecular flexibility index (Phi) is 7.02. The van der Waals surface area contributed by atoms with Gasteiger partial charge in [0.15, 0.2) is 5.96 Å². The van der Waals surface area contributed by atoms with Gasteiger partial charge in [0, 0.05) is 69.8 Å². The zero-order valence-electron chi connectivity index (χ0n) is 19.2. The Hall–Kier alpha value is -1.86. The molecule has 1 aliphatic carbocycles. The average molecular weight is 432 g/mol. The molecular formula is C24H38FN5O. The van der Waals surface area contributed by atoms with Crippen LogP contribution in [0.3, 0.4) is 0 Å². The average Bonchev–Trinajstić information content (AvgIpc) is 3.23. The summed E-state index contributed by atoms with van der Waals surface area (Å²) in [6, 6.07) is 7.49. The van der Waals surface area contributed by atoms with Crippen LogP contribution in [0.2, 0.25) is 0 Å². The molecule has 1 aromatic carbocycles. The molecule has 3 aliphatic rings. The van der Waals surface area contributed by atoms with Crippen LogP contribution in [0.25, 0.3) is 0 Å². The molecule has 0 bridgehead atoms. The van der Waals surface area contributed by atoms with Crippen molar-refractivity contribution in [3.8, 4) is 0 Å². The van der Waals surface area contributed by atoms with Gasteiger partial charge in [-0.3, -0.25) is 9.89 Å². The molecule has 0 amide bonds. The maximum atomic E-state index is 14.0. The topological polar surface area (TPSA) is 52.1 Å². The van der Waals surface area contributed by atoms with E-state index in [0.29, 0.717) is 18.1 Å². The summed E-state index contributed by atoms with van der Waals surface area (Å²) >= 11 is 0. The van der Waals surface area contributed by atoms with Gasteiger partial charge in [-0.05, 0) is 31.9 Å². The van der Waals surface area contributed by atoms with Crippen molar-refractivity contribution in [2.24, 2.45) is 16.3 Å². The lowest BCUT2D eigenvalue weighted by Crippen LogP contribution is -2.68. The van der Waals surface area contributed by atoms with Gasteiger partial charge in [0.1, 0.15) is 5.82 Å².